The lowest BCUT2D eigenvalue weighted by Gasteiger charge is -2.05. The molecule has 0 bridgehead atoms. The average Bonchev–Trinajstić information content (AvgIpc) is 2.63. The minimum atomic E-state index is 0.962. The second-order valence-corrected chi connectivity index (χ2v) is 7.53. The van der Waals surface area contributed by atoms with Gasteiger partial charge in [-0.1, -0.05) is 97.3 Å². The third kappa shape index (κ3) is 23.9. The van der Waals surface area contributed by atoms with Crippen LogP contribution < -0.4 is 0 Å². The predicted molar refractivity (Wildman–Crippen MR) is 111 cm³/mol. The molecule has 2 nitrogen and oxygen atoms in total. The largest absolute Gasteiger partial charge is 0.381 e. The molecule has 0 saturated heterocycles. The van der Waals surface area contributed by atoms with Gasteiger partial charge in [0.15, 0.2) is 0 Å². The quantitative estimate of drug-likeness (QED) is 0.185. The highest BCUT2D eigenvalue weighted by molar-refractivity contribution is 4.49. The van der Waals surface area contributed by atoms with Crippen molar-refractivity contribution in [3.8, 4) is 0 Å². The molecule has 0 amide bonds. The lowest BCUT2D eigenvalue weighted by atomic mass is 10.0. The topological polar surface area (TPSA) is 18.5 Å². The van der Waals surface area contributed by atoms with Crippen molar-refractivity contribution < 1.29 is 9.47 Å². The molecule has 0 aliphatic heterocycles. The number of hydrogen-bond donors (Lipinski definition) is 0. The Bertz CT molecular complexity index is 196. The molecule has 0 aromatic carbocycles. The van der Waals surface area contributed by atoms with Gasteiger partial charge in [0, 0.05) is 26.4 Å². The fourth-order valence-electron chi connectivity index (χ4n) is 3.05. The van der Waals surface area contributed by atoms with Crippen LogP contribution in [-0.4, -0.2) is 26.4 Å². The van der Waals surface area contributed by atoms with Crippen molar-refractivity contribution in [1.29, 1.82) is 0 Å². The SMILES string of the molecule is CCCCOCCCCCCCCCCCCCCCOCCCC. The van der Waals surface area contributed by atoms with E-state index in [0.717, 1.165) is 26.4 Å². The van der Waals surface area contributed by atoms with Crippen molar-refractivity contribution >= 4 is 0 Å². The number of hydrogen-bond acceptors (Lipinski definition) is 2. The molecule has 0 atom stereocenters. The van der Waals surface area contributed by atoms with Crippen molar-refractivity contribution in [2.75, 3.05) is 26.4 Å². The Labute approximate surface area is 159 Å². The summed E-state index contributed by atoms with van der Waals surface area (Å²) in [7, 11) is 0. The molecule has 152 valence electrons. The molecule has 0 spiro atoms. The first-order valence-electron chi connectivity index (χ1n) is 11.6. The smallest absolute Gasteiger partial charge is 0.0466 e. The predicted octanol–water partition coefficient (Wildman–Crippen LogP) is 7.69. The highest BCUT2D eigenvalue weighted by Gasteiger charge is 1.95. The van der Waals surface area contributed by atoms with Gasteiger partial charge in [-0.25, -0.2) is 0 Å². The highest BCUT2D eigenvalue weighted by Crippen LogP contribution is 2.12. The molecule has 0 heterocycles. The molecule has 0 aliphatic carbocycles. The summed E-state index contributed by atoms with van der Waals surface area (Å²) < 4.78 is 11.2. The molecule has 0 unspecified atom stereocenters. The molecule has 0 rings (SSSR count). The Morgan fingerprint density at radius 1 is 0.320 bits per heavy atom. The van der Waals surface area contributed by atoms with Gasteiger partial charge in [-0.05, 0) is 25.7 Å². The fraction of sp³-hybridized carbons (Fsp3) is 1.00. The maximum Gasteiger partial charge on any atom is 0.0466 e. The molecule has 0 N–H and O–H groups in total. The van der Waals surface area contributed by atoms with Crippen LogP contribution in [0.3, 0.4) is 0 Å². The fourth-order valence-corrected chi connectivity index (χ4v) is 3.05. The van der Waals surface area contributed by atoms with Gasteiger partial charge in [-0.3, -0.25) is 0 Å². The zero-order valence-corrected chi connectivity index (χ0v) is 17.7. The van der Waals surface area contributed by atoms with Gasteiger partial charge in [0.25, 0.3) is 0 Å². The molecule has 0 aromatic rings. The summed E-state index contributed by atoms with van der Waals surface area (Å²) in [5.74, 6) is 0. The Balaban J connectivity index is 2.94. The Kier molecular flexibility index (Phi) is 23.8. The summed E-state index contributed by atoms with van der Waals surface area (Å²) in [5, 5.41) is 0. The Hall–Kier alpha value is -0.0800. The van der Waals surface area contributed by atoms with Gasteiger partial charge in [0.2, 0.25) is 0 Å². The van der Waals surface area contributed by atoms with Gasteiger partial charge in [-0.15, -0.1) is 0 Å². The van der Waals surface area contributed by atoms with E-state index in [1.165, 1.54) is 109 Å². The Morgan fingerprint density at radius 3 is 0.840 bits per heavy atom. The minimum Gasteiger partial charge on any atom is -0.381 e. The van der Waals surface area contributed by atoms with Gasteiger partial charge in [0.05, 0.1) is 0 Å². The third-order valence-corrected chi connectivity index (χ3v) is 4.86. The van der Waals surface area contributed by atoms with Crippen LogP contribution >= 0.6 is 0 Å². The van der Waals surface area contributed by atoms with Gasteiger partial charge >= 0.3 is 0 Å². The van der Waals surface area contributed by atoms with Crippen LogP contribution in [0.15, 0.2) is 0 Å². The summed E-state index contributed by atoms with van der Waals surface area (Å²) in [5.41, 5.74) is 0. The average molecular weight is 357 g/mol. The maximum atomic E-state index is 5.60. The highest BCUT2D eigenvalue weighted by atomic mass is 16.5. The monoisotopic (exact) mass is 356 g/mol. The van der Waals surface area contributed by atoms with E-state index in [2.05, 4.69) is 13.8 Å². The second kappa shape index (κ2) is 23.9. The second-order valence-electron chi connectivity index (χ2n) is 7.53. The standard InChI is InChI=1S/C23H48O2/c1-3-5-20-24-22-18-16-14-12-10-8-7-9-11-13-15-17-19-23-25-21-6-4-2/h3-23H2,1-2H3. The van der Waals surface area contributed by atoms with E-state index in [9.17, 15) is 0 Å². The van der Waals surface area contributed by atoms with Crippen LogP contribution in [-0.2, 0) is 9.47 Å². The summed E-state index contributed by atoms with van der Waals surface area (Å²) in [6.45, 7) is 8.31. The zero-order chi connectivity index (χ0) is 18.3. The number of ether oxygens (including phenoxy) is 2. The van der Waals surface area contributed by atoms with Crippen molar-refractivity contribution in [3.05, 3.63) is 0 Å². The van der Waals surface area contributed by atoms with Crippen LogP contribution in [0.1, 0.15) is 123 Å². The summed E-state index contributed by atoms with van der Waals surface area (Å²) in [6, 6.07) is 0. The first-order chi connectivity index (χ1) is 12.4. The molecule has 0 radical (unpaired) electrons. The van der Waals surface area contributed by atoms with E-state index in [4.69, 9.17) is 9.47 Å². The molecule has 0 aromatic heterocycles. The van der Waals surface area contributed by atoms with E-state index in [-0.39, 0.29) is 0 Å². The number of unbranched alkanes of at least 4 members (excludes halogenated alkanes) is 14. The van der Waals surface area contributed by atoms with Gasteiger partial charge in [0.1, 0.15) is 0 Å². The maximum absolute atomic E-state index is 5.60. The van der Waals surface area contributed by atoms with Crippen LogP contribution in [0.5, 0.6) is 0 Å². The van der Waals surface area contributed by atoms with Crippen molar-refractivity contribution in [3.63, 3.8) is 0 Å². The molecule has 25 heavy (non-hydrogen) atoms. The molecule has 0 saturated carbocycles. The first kappa shape index (κ1) is 24.9. The minimum absolute atomic E-state index is 0.962. The lowest BCUT2D eigenvalue weighted by molar-refractivity contribution is 0.127. The molecule has 2 heteroatoms. The van der Waals surface area contributed by atoms with Crippen molar-refractivity contribution in [1.82, 2.24) is 0 Å². The van der Waals surface area contributed by atoms with Crippen LogP contribution in [0, 0.1) is 0 Å². The zero-order valence-electron chi connectivity index (χ0n) is 17.7. The van der Waals surface area contributed by atoms with Gasteiger partial charge < -0.3 is 9.47 Å². The Morgan fingerprint density at radius 2 is 0.560 bits per heavy atom. The van der Waals surface area contributed by atoms with Crippen LogP contribution in [0.2, 0.25) is 0 Å². The summed E-state index contributed by atoms with van der Waals surface area (Å²) >= 11 is 0. The van der Waals surface area contributed by atoms with Crippen molar-refractivity contribution in [2.24, 2.45) is 0 Å². The van der Waals surface area contributed by atoms with E-state index in [0.29, 0.717) is 0 Å². The van der Waals surface area contributed by atoms with E-state index < -0.39 is 0 Å². The molecular formula is C23H48O2. The molecule has 0 aliphatic rings. The van der Waals surface area contributed by atoms with Gasteiger partial charge in [-0.2, -0.15) is 0 Å². The first-order valence-corrected chi connectivity index (χ1v) is 11.6. The summed E-state index contributed by atoms with van der Waals surface area (Å²) in [4.78, 5) is 0. The van der Waals surface area contributed by atoms with E-state index >= 15 is 0 Å². The van der Waals surface area contributed by atoms with Crippen LogP contribution in [0.25, 0.3) is 0 Å². The third-order valence-electron chi connectivity index (χ3n) is 4.86. The molecule has 0 fully saturated rings. The molecular weight excluding hydrogens is 308 g/mol. The van der Waals surface area contributed by atoms with E-state index in [1.807, 2.05) is 0 Å². The van der Waals surface area contributed by atoms with Crippen LogP contribution in [0.4, 0.5) is 0 Å². The van der Waals surface area contributed by atoms with Crippen molar-refractivity contribution in [2.45, 2.75) is 123 Å². The van der Waals surface area contributed by atoms with E-state index in [1.54, 1.807) is 0 Å². The summed E-state index contributed by atoms with van der Waals surface area (Å²) in [6.07, 6.45) is 23.0. The number of rotatable bonds is 22. The lowest BCUT2D eigenvalue weighted by Crippen LogP contribution is -1.96. The normalized spacial score (nSPS) is 11.3.